The predicted molar refractivity (Wildman–Crippen MR) is 88.0 cm³/mol. The first-order valence-corrected chi connectivity index (χ1v) is 8.03. The lowest BCUT2D eigenvalue weighted by Crippen LogP contribution is -2.38. The molecular formula is C19H22O5. The van der Waals surface area contributed by atoms with Crippen LogP contribution < -0.4 is 0 Å². The molecule has 1 unspecified atom stereocenters. The second-order valence-corrected chi connectivity index (χ2v) is 5.77. The Morgan fingerprint density at radius 3 is 1.79 bits per heavy atom. The Morgan fingerprint density at radius 2 is 1.29 bits per heavy atom. The van der Waals surface area contributed by atoms with Crippen LogP contribution in [0.15, 0.2) is 60.7 Å². The molecule has 2 aromatic carbocycles. The highest BCUT2D eigenvalue weighted by molar-refractivity contribution is 5.14. The van der Waals surface area contributed by atoms with Crippen LogP contribution in [0.3, 0.4) is 0 Å². The molecule has 0 aliphatic carbocycles. The van der Waals surface area contributed by atoms with E-state index in [-0.39, 0.29) is 6.61 Å². The predicted octanol–water partition coefficient (Wildman–Crippen LogP) is 1.87. The minimum atomic E-state index is -1.12. The number of aliphatic hydroxyl groups is 2. The average molecular weight is 330 g/mol. The van der Waals surface area contributed by atoms with E-state index in [0.717, 1.165) is 11.1 Å². The van der Waals surface area contributed by atoms with Gasteiger partial charge in [-0.2, -0.15) is 0 Å². The third kappa shape index (κ3) is 4.20. The van der Waals surface area contributed by atoms with Crippen molar-refractivity contribution in [3.8, 4) is 0 Å². The van der Waals surface area contributed by atoms with E-state index in [0.29, 0.717) is 13.2 Å². The van der Waals surface area contributed by atoms with E-state index in [1.807, 2.05) is 60.7 Å². The number of hydrogen-bond donors (Lipinski definition) is 2. The van der Waals surface area contributed by atoms with Crippen molar-refractivity contribution >= 4 is 0 Å². The zero-order chi connectivity index (χ0) is 16.8. The van der Waals surface area contributed by atoms with Crippen LogP contribution in [0.1, 0.15) is 11.1 Å². The molecule has 2 aromatic rings. The maximum absolute atomic E-state index is 10.1. The summed E-state index contributed by atoms with van der Waals surface area (Å²) < 4.78 is 17.1. The molecule has 1 fully saturated rings. The van der Waals surface area contributed by atoms with E-state index in [1.54, 1.807) is 0 Å². The molecule has 1 saturated heterocycles. The maximum Gasteiger partial charge on any atom is 0.184 e. The molecule has 0 radical (unpaired) electrons. The van der Waals surface area contributed by atoms with Gasteiger partial charge in [0.25, 0.3) is 0 Å². The second kappa shape index (κ2) is 8.37. The average Bonchev–Trinajstić information content (AvgIpc) is 2.94. The fourth-order valence-corrected chi connectivity index (χ4v) is 2.77. The van der Waals surface area contributed by atoms with E-state index in [9.17, 15) is 10.2 Å². The van der Waals surface area contributed by atoms with Gasteiger partial charge in [0.2, 0.25) is 0 Å². The van der Waals surface area contributed by atoms with Crippen LogP contribution in [0.2, 0.25) is 0 Å². The molecule has 24 heavy (non-hydrogen) atoms. The molecule has 0 aromatic heterocycles. The van der Waals surface area contributed by atoms with Crippen molar-refractivity contribution in [3.63, 3.8) is 0 Å². The second-order valence-electron chi connectivity index (χ2n) is 5.77. The fraction of sp³-hybridized carbons (Fsp3) is 0.368. The van der Waals surface area contributed by atoms with Gasteiger partial charge in [0.05, 0.1) is 19.8 Å². The Bertz CT molecular complexity index is 604. The molecule has 1 heterocycles. The van der Waals surface area contributed by atoms with Gasteiger partial charge >= 0.3 is 0 Å². The van der Waals surface area contributed by atoms with Crippen molar-refractivity contribution in [2.24, 2.45) is 0 Å². The van der Waals surface area contributed by atoms with Gasteiger partial charge in [0.15, 0.2) is 6.29 Å². The molecule has 128 valence electrons. The Labute approximate surface area is 141 Å². The first-order valence-electron chi connectivity index (χ1n) is 8.03. The number of rotatable bonds is 7. The van der Waals surface area contributed by atoms with E-state index in [1.165, 1.54) is 0 Å². The first kappa shape index (κ1) is 17.1. The SMILES string of the molecule is OC[C@H]1OC(O)[C@@H](OCc2ccccc2)[C@H]1OCc1ccccc1. The van der Waals surface area contributed by atoms with Gasteiger partial charge in [0.1, 0.15) is 18.3 Å². The van der Waals surface area contributed by atoms with Crippen molar-refractivity contribution in [3.05, 3.63) is 71.8 Å². The number of ether oxygens (including phenoxy) is 3. The van der Waals surface area contributed by atoms with Crippen molar-refractivity contribution in [1.82, 2.24) is 0 Å². The molecular weight excluding hydrogens is 308 g/mol. The van der Waals surface area contributed by atoms with E-state index >= 15 is 0 Å². The van der Waals surface area contributed by atoms with Gasteiger partial charge in [-0.1, -0.05) is 60.7 Å². The molecule has 1 aliphatic rings. The fourth-order valence-electron chi connectivity index (χ4n) is 2.77. The largest absolute Gasteiger partial charge is 0.394 e. The minimum Gasteiger partial charge on any atom is -0.394 e. The van der Waals surface area contributed by atoms with Crippen LogP contribution in [0.5, 0.6) is 0 Å². The Hall–Kier alpha value is -1.76. The topological polar surface area (TPSA) is 68.2 Å². The van der Waals surface area contributed by atoms with Crippen molar-refractivity contribution in [2.75, 3.05) is 6.61 Å². The molecule has 5 nitrogen and oxygen atoms in total. The van der Waals surface area contributed by atoms with Gasteiger partial charge in [0, 0.05) is 0 Å². The summed E-state index contributed by atoms with van der Waals surface area (Å²) in [5.74, 6) is 0. The molecule has 1 aliphatic heterocycles. The summed E-state index contributed by atoms with van der Waals surface area (Å²) in [6, 6.07) is 19.4. The lowest BCUT2D eigenvalue weighted by Gasteiger charge is -2.23. The third-order valence-electron chi connectivity index (χ3n) is 4.04. The molecule has 0 bridgehead atoms. The molecule has 2 N–H and O–H groups in total. The summed E-state index contributed by atoms with van der Waals surface area (Å²) in [6.07, 6.45) is -2.91. The highest BCUT2D eigenvalue weighted by atomic mass is 16.7. The highest BCUT2D eigenvalue weighted by Gasteiger charge is 2.45. The minimum absolute atomic E-state index is 0.234. The molecule has 5 heteroatoms. The first-order chi connectivity index (χ1) is 11.8. The van der Waals surface area contributed by atoms with Crippen LogP contribution in [0.4, 0.5) is 0 Å². The highest BCUT2D eigenvalue weighted by Crippen LogP contribution is 2.27. The zero-order valence-electron chi connectivity index (χ0n) is 13.3. The van der Waals surface area contributed by atoms with Crippen LogP contribution in [-0.4, -0.2) is 41.4 Å². The number of aliphatic hydroxyl groups excluding tert-OH is 2. The Kier molecular flexibility index (Phi) is 5.96. The molecule has 3 rings (SSSR count). The number of hydrogen-bond acceptors (Lipinski definition) is 5. The van der Waals surface area contributed by atoms with Gasteiger partial charge in [-0.05, 0) is 11.1 Å². The summed E-state index contributed by atoms with van der Waals surface area (Å²) in [7, 11) is 0. The summed E-state index contributed by atoms with van der Waals surface area (Å²) in [5, 5.41) is 19.6. The summed E-state index contributed by atoms with van der Waals surface area (Å²) >= 11 is 0. The van der Waals surface area contributed by atoms with E-state index in [2.05, 4.69) is 0 Å². The van der Waals surface area contributed by atoms with Gasteiger partial charge in [-0.3, -0.25) is 0 Å². The van der Waals surface area contributed by atoms with Crippen molar-refractivity contribution in [1.29, 1.82) is 0 Å². The van der Waals surface area contributed by atoms with Gasteiger partial charge in [-0.15, -0.1) is 0 Å². The van der Waals surface area contributed by atoms with Crippen LogP contribution in [0.25, 0.3) is 0 Å². The summed E-state index contributed by atoms with van der Waals surface area (Å²) in [4.78, 5) is 0. The smallest absolute Gasteiger partial charge is 0.184 e. The Morgan fingerprint density at radius 1 is 0.792 bits per heavy atom. The molecule has 0 spiro atoms. The van der Waals surface area contributed by atoms with Crippen molar-refractivity contribution in [2.45, 2.75) is 37.8 Å². The molecule has 0 saturated carbocycles. The maximum atomic E-state index is 10.1. The van der Waals surface area contributed by atoms with Gasteiger partial charge < -0.3 is 24.4 Å². The van der Waals surface area contributed by atoms with Gasteiger partial charge in [-0.25, -0.2) is 0 Å². The number of benzene rings is 2. The zero-order valence-corrected chi connectivity index (χ0v) is 13.3. The monoisotopic (exact) mass is 330 g/mol. The van der Waals surface area contributed by atoms with E-state index in [4.69, 9.17) is 14.2 Å². The van der Waals surface area contributed by atoms with Crippen molar-refractivity contribution < 1.29 is 24.4 Å². The van der Waals surface area contributed by atoms with Crippen LogP contribution in [0, 0.1) is 0 Å². The van der Waals surface area contributed by atoms with Crippen LogP contribution >= 0.6 is 0 Å². The quantitative estimate of drug-likeness (QED) is 0.811. The Balaban J connectivity index is 1.63. The third-order valence-corrected chi connectivity index (χ3v) is 4.04. The lowest BCUT2D eigenvalue weighted by atomic mass is 10.1. The van der Waals surface area contributed by atoms with Crippen LogP contribution in [-0.2, 0) is 27.4 Å². The summed E-state index contributed by atoms with van der Waals surface area (Å²) in [6.45, 7) is 0.472. The lowest BCUT2D eigenvalue weighted by molar-refractivity contribution is -0.151. The summed E-state index contributed by atoms with van der Waals surface area (Å²) in [5.41, 5.74) is 2.01. The molecule has 4 atom stereocenters. The standard InChI is InChI=1S/C19H22O5/c20-11-16-17(22-12-14-7-3-1-4-8-14)18(19(21)24-16)23-13-15-9-5-2-6-10-15/h1-10,16-21H,11-13H2/t16-,17+,18+,19?/m1/s1. The normalized spacial score (nSPS) is 26.6. The van der Waals surface area contributed by atoms with E-state index < -0.39 is 24.6 Å². The molecule has 0 amide bonds.